The number of imidazole rings is 1. The van der Waals surface area contributed by atoms with E-state index in [1.54, 1.807) is 35.4 Å². The highest BCUT2D eigenvalue weighted by molar-refractivity contribution is 6.01. The molecule has 0 spiro atoms. The standard InChI is InChI=1S/C36H33F3N8O5/c1-3-25-32(44-16-18-45(19-17-44)33(51)31-28(48)10-7-15-40-31)34(52)47-27(24-8-5-6-9-26(24)42-29(49)4-2)20-46(35(47)43-25)21-30(50)41-23-13-11-22(12-14-23)36(37,38)39/h4-15,20,48H,2-3,16-19,21H2,1H3,(H,41,50)(H,42,49). The molecule has 3 N–H and O–H groups in total. The maximum Gasteiger partial charge on any atom is 0.416 e. The number of piperazine rings is 1. The number of pyridine rings is 1. The second-order valence-electron chi connectivity index (χ2n) is 11.9. The van der Waals surface area contributed by atoms with Gasteiger partial charge in [-0.3, -0.25) is 19.2 Å². The molecule has 0 saturated carbocycles. The van der Waals surface area contributed by atoms with Crippen molar-refractivity contribution in [3.8, 4) is 17.0 Å². The number of fused-ring (bicyclic) bond motifs is 1. The van der Waals surface area contributed by atoms with Crippen LogP contribution < -0.4 is 21.1 Å². The van der Waals surface area contributed by atoms with Crippen LogP contribution in [0.2, 0.25) is 0 Å². The zero-order valence-electron chi connectivity index (χ0n) is 27.9. The van der Waals surface area contributed by atoms with E-state index in [-0.39, 0.29) is 55.6 Å². The van der Waals surface area contributed by atoms with E-state index in [4.69, 9.17) is 4.98 Å². The Morgan fingerprint density at radius 2 is 1.69 bits per heavy atom. The molecule has 4 heterocycles. The molecule has 0 unspecified atom stereocenters. The summed E-state index contributed by atoms with van der Waals surface area (Å²) in [7, 11) is 0. The summed E-state index contributed by atoms with van der Waals surface area (Å²) in [4.78, 5) is 65.6. The summed E-state index contributed by atoms with van der Waals surface area (Å²) < 4.78 is 42.0. The average molecular weight is 715 g/mol. The highest BCUT2D eigenvalue weighted by Gasteiger charge is 2.31. The number of carbonyl (C=O) groups is 3. The van der Waals surface area contributed by atoms with Crippen molar-refractivity contribution in [3.63, 3.8) is 0 Å². The van der Waals surface area contributed by atoms with Crippen LogP contribution in [0.15, 0.2) is 90.5 Å². The Labute approximate surface area is 294 Å². The Bertz CT molecular complexity index is 2240. The van der Waals surface area contributed by atoms with Gasteiger partial charge in [-0.05, 0) is 55.0 Å². The Morgan fingerprint density at radius 3 is 2.35 bits per heavy atom. The second-order valence-corrected chi connectivity index (χ2v) is 11.9. The molecule has 2 aromatic carbocycles. The Kier molecular flexibility index (Phi) is 9.81. The fourth-order valence-corrected chi connectivity index (χ4v) is 6.03. The fourth-order valence-electron chi connectivity index (χ4n) is 6.03. The number of nitrogens with zero attached hydrogens (tertiary/aromatic N) is 6. The number of hydrogen-bond donors (Lipinski definition) is 3. The number of amides is 3. The molecule has 5 aromatic rings. The molecule has 0 radical (unpaired) electrons. The molecule has 0 atom stereocenters. The van der Waals surface area contributed by atoms with Gasteiger partial charge in [-0.2, -0.15) is 13.2 Å². The summed E-state index contributed by atoms with van der Waals surface area (Å²) in [6.07, 6.45) is -0.125. The lowest BCUT2D eigenvalue weighted by Crippen LogP contribution is -2.50. The number of benzene rings is 2. The number of halogens is 3. The third-order valence-electron chi connectivity index (χ3n) is 8.55. The van der Waals surface area contributed by atoms with Crippen LogP contribution in [-0.2, 0) is 28.7 Å². The lowest BCUT2D eigenvalue weighted by molar-refractivity contribution is -0.137. The molecular weight excluding hydrogens is 681 g/mol. The molecule has 16 heteroatoms. The quantitative estimate of drug-likeness (QED) is 0.188. The van der Waals surface area contributed by atoms with Gasteiger partial charge in [-0.1, -0.05) is 31.7 Å². The molecule has 3 amide bonds. The van der Waals surface area contributed by atoms with Crippen molar-refractivity contribution < 1.29 is 32.7 Å². The first-order valence-corrected chi connectivity index (χ1v) is 16.2. The molecule has 52 heavy (non-hydrogen) atoms. The number of aromatic hydroxyl groups is 1. The number of aromatic nitrogens is 4. The van der Waals surface area contributed by atoms with Crippen LogP contribution in [-0.4, -0.2) is 72.8 Å². The molecule has 268 valence electrons. The first-order chi connectivity index (χ1) is 24.9. The number of nitrogens with one attached hydrogen (secondary N) is 2. The normalized spacial score (nSPS) is 13.2. The molecule has 1 fully saturated rings. The smallest absolute Gasteiger partial charge is 0.416 e. The average Bonchev–Trinajstić information content (AvgIpc) is 3.49. The van der Waals surface area contributed by atoms with Gasteiger partial charge in [0, 0.05) is 49.8 Å². The number of alkyl halides is 3. The first-order valence-electron chi connectivity index (χ1n) is 16.2. The van der Waals surface area contributed by atoms with Gasteiger partial charge in [-0.25, -0.2) is 14.4 Å². The van der Waals surface area contributed by atoms with Crippen molar-refractivity contribution in [2.45, 2.75) is 26.1 Å². The van der Waals surface area contributed by atoms with E-state index >= 15 is 0 Å². The zero-order valence-corrected chi connectivity index (χ0v) is 27.9. The van der Waals surface area contributed by atoms with E-state index in [1.807, 2.05) is 11.8 Å². The molecular formula is C36H33F3N8O5. The number of aryl methyl sites for hydroxylation is 1. The number of anilines is 3. The molecule has 0 bridgehead atoms. The van der Waals surface area contributed by atoms with Crippen LogP contribution >= 0.6 is 0 Å². The van der Waals surface area contributed by atoms with Crippen molar-refractivity contribution >= 4 is 40.6 Å². The van der Waals surface area contributed by atoms with E-state index in [9.17, 15) is 37.5 Å². The predicted molar refractivity (Wildman–Crippen MR) is 187 cm³/mol. The lowest BCUT2D eigenvalue weighted by atomic mass is 10.1. The Hall–Kier alpha value is -6.45. The summed E-state index contributed by atoms with van der Waals surface area (Å²) in [5.41, 5.74) is 0.606. The minimum Gasteiger partial charge on any atom is -0.505 e. The first kappa shape index (κ1) is 35.4. The third kappa shape index (κ3) is 7.08. The van der Waals surface area contributed by atoms with E-state index in [0.717, 1.165) is 30.3 Å². The van der Waals surface area contributed by atoms with Gasteiger partial charge >= 0.3 is 6.18 Å². The minimum atomic E-state index is -4.53. The number of hydrogen-bond acceptors (Lipinski definition) is 8. The van der Waals surface area contributed by atoms with Crippen LogP contribution in [0.3, 0.4) is 0 Å². The van der Waals surface area contributed by atoms with Gasteiger partial charge in [-0.15, -0.1) is 0 Å². The van der Waals surface area contributed by atoms with E-state index in [1.165, 1.54) is 27.3 Å². The number of carbonyl (C=O) groups excluding carboxylic acids is 3. The van der Waals surface area contributed by atoms with Crippen LogP contribution in [0.5, 0.6) is 5.75 Å². The number of rotatable bonds is 9. The van der Waals surface area contributed by atoms with Crippen molar-refractivity contribution in [1.29, 1.82) is 0 Å². The summed E-state index contributed by atoms with van der Waals surface area (Å²) in [5.74, 6) is -1.63. The monoisotopic (exact) mass is 714 g/mol. The van der Waals surface area contributed by atoms with Crippen LogP contribution in [0, 0.1) is 0 Å². The Morgan fingerprint density at radius 1 is 0.981 bits per heavy atom. The molecule has 6 rings (SSSR count). The SMILES string of the molecule is C=CC(=O)Nc1ccccc1-c1cn(CC(=O)Nc2ccc(C(F)(F)F)cc2)c2nc(CC)c(N3CCN(C(=O)c4ncccc4O)CC3)c(=O)n12. The van der Waals surface area contributed by atoms with Crippen molar-refractivity contribution in [2.75, 3.05) is 41.7 Å². The van der Waals surface area contributed by atoms with E-state index in [0.29, 0.717) is 34.7 Å². The third-order valence-corrected chi connectivity index (χ3v) is 8.55. The summed E-state index contributed by atoms with van der Waals surface area (Å²) in [6.45, 7) is 5.98. The second kappa shape index (κ2) is 14.4. The van der Waals surface area contributed by atoms with Gasteiger partial charge in [0.2, 0.25) is 17.6 Å². The lowest BCUT2D eigenvalue weighted by Gasteiger charge is -2.36. The highest BCUT2D eigenvalue weighted by atomic mass is 19.4. The summed E-state index contributed by atoms with van der Waals surface area (Å²) in [6, 6.07) is 13.7. The van der Waals surface area contributed by atoms with Crippen molar-refractivity contribution in [1.82, 2.24) is 23.8 Å². The molecule has 3 aromatic heterocycles. The van der Waals surface area contributed by atoms with E-state index < -0.39 is 35.0 Å². The van der Waals surface area contributed by atoms with Gasteiger partial charge in [0.1, 0.15) is 18.0 Å². The maximum atomic E-state index is 14.6. The predicted octanol–water partition coefficient (Wildman–Crippen LogP) is 4.57. The molecule has 1 aliphatic rings. The number of para-hydroxylation sites is 1. The van der Waals surface area contributed by atoms with Gasteiger partial charge in [0.15, 0.2) is 5.69 Å². The van der Waals surface area contributed by atoms with Crippen LogP contribution in [0.4, 0.5) is 30.2 Å². The molecule has 1 saturated heterocycles. The van der Waals surface area contributed by atoms with Crippen LogP contribution in [0.25, 0.3) is 17.0 Å². The highest BCUT2D eigenvalue weighted by Crippen LogP contribution is 2.32. The summed E-state index contributed by atoms with van der Waals surface area (Å²) in [5, 5.41) is 15.5. The molecule has 13 nitrogen and oxygen atoms in total. The molecule has 0 aliphatic carbocycles. The minimum absolute atomic E-state index is 0.0658. The summed E-state index contributed by atoms with van der Waals surface area (Å²) >= 11 is 0. The topological polar surface area (TPSA) is 154 Å². The Balaban J connectivity index is 1.38. The zero-order chi connectivity index (χ0) is 37.2. The fraction of sp³-hybridized carbons (Fsp3) is 0.222. The largest absolute Gasteiger partial charge is 0.505 e. The maximum absolute atomic E-state index is 14.6. The van der Waals surface area contributed by atoms with Crippen molar-refractivity contribution in [3.05, 3.63) is 113 Å². The van der Waals surface area contributed by atoms with Gasteiger partial charge < -0.3 is 30.1 Å². The van der Waals surface area contributed by atoms with Crippen LogP contribution in [0.1, 0.15) is 28.7 Å². The van der Waals surface area contributed by atoms with Crippen molar-refractivity contribution in [2.24, 2.45) is 0 Å². The van der Waals surface area contributed by atoms with Gasteiger partial charge in [0.25, 0.3) is 11.5 Å². The van der Waals surface area contributed by atoms with E-state index in [2.05, 4.69) is 22.2 Å². The molecule has 1 aliphatic heterocycles. The van der Waals surface area contributed by atoms with Gasteiger partial charge in [0.05, 0.1) is 22.6 Å².